The van der Waals surface area contributed by atoms with Gasteiger partial charge in [0.2, 0.25) is 0 Å². The van der Waals surface area contributed by atoms with Crippen molar-refractivity contribution in [2.45, 2.75) is 25.6 Å². The summed E-state index contributed by atoms with van der Waals surface area (Å²) in [7, 11) is 0. The van der Waals surface area contributed by atoms with E-state index in [2.05, 4.69) is 0 Å². The number of carboxylic acid groups (broad SMARTS) is 1. The largest absolute Gasteiger partial charge is 0.550 e. The highest BCUT2D eigenvalue weighted by molar-refractivity contribution is 5.64. The molecule has 0 aromatic rings. The van der Waals surface area contributed by atoms with E-state index in [0.717, 1.165) is 0 Å². The van der Waals surface area contributed by atoms with Gasteiger partial charge in [-0.25, -0.2) is 0 Å². The van der Waals surface area contributed by atoms with E-state index < -0.39 is 11.8 Å². The molecule has 4 nitrogen and oxygen atoms in total. The number of ether oxygens (including phenoxy) is 2. The molecular weight excluding hydrogens is 148 g/mol. The van der Waals surface area contributed by atoms with Crippen molar-refractivity contribution < 1.29 is 19.4 Å². The Bertz CT molecular complexity index is 149. The molecule has 0 amide bonds. The summed E-state index contributed by atoms with van der Waals surface area (Å²) in [6.45, 7) is 2.83. The molecule has 1 rings (SSSR count). The van der Waals surface area contributed by atoms with Crippen molar-refractivity contribution in [3.63, 3.8) is 0 Å². The molecule has 0 unspecified atom stereocenters. The molecule has 0 radical (unpaired) electrons. The second-order valence-electron chi connectivity index (χ2n) is 2.70. The minimum absolute atomic E-state index is 0.0174. The molecule has 4 heteroatoms. The number of hydrogen-bond acceptors (Lipinski definition) is 4. The van der Waals surface area contributed by atoms with E-state index in [0.29, 0.717) is 19.6 Å². The lowest BCUT2D eigenvalue weighted by Gasteiger charge is -2.21. The van der Waals surface area contributed by atoms with Crippen molar-refractivity contribution in [3.05, 3.63) is 0 Å². The summed E-state index contributed by atoms with van der Waals surface area (Å²) in [5.41, 5.74) is 0. The van der Waals surface area contributed by atoms with E-state index >= 15 is 0 Å². The first kappa shape index (κ1) is 8.49. The van der Waals surface area contributed by atoms with Crippen LogP contribution in [0.15, 0.2) is 0 Å². The molecule has 11 heavy (non-hydrogen) atoms. The fourth-order valence-corrected chi connectivity index (χ4v) is 1.03. The number of carbonyl (C=O) groups excluding carboxylic acids is 1. The van der Waals surface area contributed by atoms with Crippen LogP contribution in [0.3, 0.4) is 0 Å². The van der Waals surface area contributed by atoms with Crippen LogP contribution >= 0.6 is 0 Å². The molecule has 0 aromatic carbocycles. The number of rotatable bonds is 3. The zero-order valence-corrected chi connectivity index (χ0v) is 6.46. The van der Waals surface area contributed by atoms with Crippen LogP contribution in [0.1, 0.15) is 19.8 Å². The lowest BCUT2D eigenvalue weighted by atomic mass is 10.2. The molecular formula is C7H11O4-. The maximum absolute atomic E-state index is 10.1. The quantitative estimate of drug-likeness (QED) is 0.545. The second-order valence-corrected chi connectivity index (χ2v) is 2.70. The number of carboxylic acids is 1. The van der Waals surface area contributed by atoms with E-state index in [1.54, 1.807) is 6.92 Å². The van der Waals surface area contributed by atoms with Gasteiger partial charge in [-0.05, 0) is 13.3 Å². The van der Waals surface area contributed by atoms with Crippen LogP contribution in [0.2, 0.25) is 0 Å². The summed E-state index contributed by atoms with van der Waals surface area (Å²) < 4.78 is 10.4. The maximum atomic E-state index is 10.1. The maximum Gasteiger partial charge on any atom is 0.166 e. The summed E-state index contributed by atoms with van der Waals surface area (Å²) in [5.74, 6) is -1.76. The SMILES string of the molecule is CC1(CCC(=O)[O-])OCCO1. The molecule has 0 aliphatic carbocycles. The molecule has 0 spiro atoms. The molecule has 0 N–H and O–H groups in total. The molecule has 1 heterocycles. The van der Waals surface area contributed by atoms with E-state index in [-0.39, 0.29) is 6.42 Å². The minimum atomic E-state index is -1.06. The van der Waals surface area contributed by atoms with Crippen LogP contribution in [0.5, 0.6) is 0 Å². The van der Waals surface area contributed by atoms with Crippen molar-refractivity contribution in [1.82, 2.24) is 0 Å². The molecule has 1 aliphatic heterocycles. The van der Waals surface area contributed by atoms with Crippen molar-refractivity contribution in [2.75, 3.05) is 13.2 Å². The van der Waals surface area contributed by atoms with Gasteiger partial charge >= 0.3 is 0 Å². The number of aliphatic carboxylic acids is 1. The normalized spacial score (nSPS) is 21.9. The highest BCUT2D eigenvalue weighted by atomic mass is 16.7. The summed E-state index contributed by atoms with van der Waals surface area (Å²) >= 11 is 0. The van der Waals surface area contributed by atoms with Crippen LogP contribution in [0.4, 0.5) is 0 Å². The monoisotopic (exact) mass is 159 g/mol. The van der Waals surface area contributed by atoms with Crippen LogP contribution in [-0.4, -0.2) is 25.0 Å². The molecule has 0 saturated carbocycles. The Morgan fingerprint density at radius 3 is 2.55 bits per heavy atom. The Kier molecular flexibility index (Phi) is 2.46. The van der Waals surface area contributed by atoms with Crippen LogP contribution in [0, 0.1) is 0 Å². The summed E-state index contributed by atoms with van der Waals surface area (Å²) in [6, 6.07) is 0. The van der Waals surface area contributed by atoms with Crippen LogP contribution in [0.25, 0.3) is 0 Å². The van der Waals surface area contributed by atoms with Crippen LogP contribution in [-0.2, 0) is 14.3 Å². The highest BCUT2D eigenvalue weighted by Gasteiger charge is 2.29. The van der Waals surface area contributed by atoms with Crippen molar-refractivity contribution in [3.8, 4) is 0 Å². The fraction of sp³-hybridized carbons (Fsp3) is 0.857. The third kappa shape index (κ3) is 2.48. The van der Waals surface area contributed by atoms with E-state index in [4.69, 9.17) is 9.47 Å². The van der Waals surface area contributed by atoms with Crippen molar-refractivity contribution in [2.24, 2.45) is 0 Å². The molecule has 0 aromatic heterocycles. The molecule has 1 aliphatic rings. The van der Waals surface area contributed by atoms with Gasteiger partial charge in [0.15, 0.2) is 5.79 Å². The van der Waals surface area contributed by atoms with Gasteiger partial charge < -0.3 is 19.4 Å². The summed E-state index contributed by atoms with van der Waals surface area (Å²) in [4.78, 5) is 10.1. The van der Waals surface area contributed by atoms with Gasteiger partial charge in [-0.2, -0.15) is 0 Å². The Morgan fingerprint density at radius 2 is 2.09 bits per heavy atom. The Balaban J connectivity index is 2.28. The zero-order valence-electron chi connectivity index (χ0n) is 6.46. The predicted molar refractivity (Wildman–Crippen MR) is 34.5 cm³/mol. The van der Waals surface area contributed by atoms with Crippen molar-refractivity contribution >= 4 is 5.97 Å². The lowest BCUT2D eigenvalue weighted by Crippen LogP contribution is -2.30. The van der Waals surface area contributed by atoms with Gasteiger partial charge in [0.05, 0.1) is 13.2 Å². The average molecular weight is 159 g/mol. The first-order chi connectivity index (χ1) is 5.12. The van der Waals surface area contributed by atoms with Gasteiger partial charge in [-0.1, -0.05) is 0 Å². The minimum Gasteiger partial charge on any atom is -0.550 e. The zero-order chi connectivity index (χ0) is 8.32. The number of carbonyl (C=O) groups is 1. The van der Waals surface area contributed by atoms with E-state index in [1.165, 1.54) is 0 Å². The van der Waals surface area contributed by atoms with Crippen LogP contribution < -0.4 is 5.11 Å². The molecule has 0 atom stereocenters. The van der Waals surface area contributed by atoms with Gasteiger partial charge in [0.25, 0.3) is 0 Å². The lowest BCUT2D eigenvalue weighted by molar-refractivity contribution is -0.307. The summed E-state index contributed by atoms with van der Waals surface area (Å²) in [5, 5.41) is 10.1. The highest BCUT2D eigenvalue weighted by Crippen LogP contribution is 2.23. The Morgan fingerprint density at radius 1 is 1.55 bits per heavy atom. The predicted octanol–water partition coefficient (Wildman–Crippen LogP) is -0.721. The van der Waals surface area contributed by atoms with Crippen molar-refractivity contribution in [1.29, 1.82) is 0 Å². The summed E-state index contributed by atoms with van der Waals surface area (Å²) in [6.07, 6.45) is 0.339. The van der Waals surface area contributed by atoms with E-state index in [1.807, 2.05) is 0 Å². The van der Waals surface area contributed by atoms with Gasteiger partial charge in [-0.3, -0.25) is 0 Å². The third-order valence-electron chi connectivity index (χ3n) is 1.68. The van der Waals surface area contributed by atoms with Gasteiger partial charge in [0.1, 0.15) is 0 Å². The molecule has 1 saturated heterocycles. The van der Waals surface area contributed by atoms with Gasteiger partial charge in [-0.15, -0.1) is 0 Å². The second kappa shape index (κ2) is 3.19. The van der Waals surface area contributed by atoms with E-state index in [9.17, 15) is 9.90 Å². The van der Waals surface area contributed by atoms with Gasteiger partial charge in [0, 0.05) is 12.4 Å². The third-order valence-corrected chi connectivity index (χ3v) is 1.68. The molecule has 1 fully saturated rings. The topological polar surface area (TPSA) is 58.6 Å². The molecule has 0 bridgehead atoms. The smallest absolute Gasteiger partial charge is 0.166 e. The molecule has 64 valence electrons. The Hall–Kier alpha value is -0.610. The average Bonchev–Trinajstić information content (AvgIpc) is 2.33. The standard InChI is InChI=1S/C7H12O4/c1-7(3-2-6(8)9)10-4-5-11-7/h2-5H2,1H3,(H,8,9)/p-1. The first-order valence-electron chi connectivity index (χ1n) is 3.60. The number of hydrogen-bond donors (Lipinski definition) is 0. The fourth-order valence-electron chi connectivity index (χ4n) is 1.03. The first-order valence-corrected chi connectivity index (χ1v) is 3.60. The Labute approximate surface area is 65.1 Å².